The highest BCUT2D eigenvalue weighted by Gasteiger charge is 2.26. The van der Waals surface area contributed by atoms with Gasteiger partial charge in [0.05, 0.1) is 12.3 Å². The van der Waals surface area contributed by atoms with Gasteiger partial charge in [-0.15, -0.1) is 0 Å². The Hall–Kier alpha value is -2.14. The summed E-state index contributed by atoms with van der Waals surface area (Å²) in [5.74, 6) is 0.663. The first-order chi connectivity index (χ1) is 11.3. The lowest BCUT2D eigenvalue weighted by molar-refractivity contribution is 0.0535. The Morgan fingerprint density at radius 2 is 2.22 bits per heavy atom. The largest absolute Gasteiger partial charge is 0.384 e. The van der Waals surface area contributed by atoms with Crippen molar-refractivity contribution in [2.45, 2.75) is 19.3 Å². The molecule has 1 aliphatic rings. The van der Waals surface area contributed by atoms with E-state index in [4.69, 9.17) is 9.26 Å². The van der Waals surface area contributed by atoms with Crippen LogP contribution in [0.25, 0.3) is 0 Å². The van der Waals surface area contributed by atoms with Gasteiger partial charge < -0.3 is 14.2 Å². The zero-order valence-electron chi connectivity index (χ0n) is 13.4. The topological polar surface area (TPSA) is 55.6 Å². The summed E-state index contributed by atoms with van der Waals surface area (Å²) in [5.41, 5.74) is 1.93. The van der Waals surface area contributed by atoms with Gasteiger partial charge in [-0.25, -0.2) is 0 Å². The number of methoxy groups -OCH3 is 1. The van der Waals surface area contributed by atoms with Crippen molar-refractivity contribution in [1.82, 2.24) is 10.1 Å². The van der Waals surface area contributed by atoms with Gasteiger partial charge in [0, 0.05) is 32.7 Å². The quantitative estimate of drug-likeness (QED) is 0.851. The minimum Gasteiger partial charge on any atom is -0.384 e. The Balaban J connectivity index is 1.64. The number of carbonyl (C=O) groups excluding carboxylic acids is 1. The molecule has 23 heavy (non-hydrogen) atoms. The smallest absolute Gasteiger partial charge is 0.292 e. The minimum atomic E-state index is -0.0717. The van der Waals surface area contributed by atoms with Crippen LogP contribution in [-0.4, -0.2) is 42.8 Å². The van der Waals surface area contributed by atoms with E-state index in [9.17, 15) is 4.79 Å². The lowest BCUT2D eigenvalue weighted by Gasteiger charge is -2.31. The zero-order chi connectivity index (χ0) is 16.1. The van der Waals surface area contributed by atoms with E-state index in [1.807, 2.05) is 35.2 Å². The first-order valence-electron chi connectivity index (χ1n) is 8.04. The van der Waals surface area contributed by atoms with Crippen molar-refractivity contribution >= 4 is 5.91 Å². The molecule has 1 amide bonds. The lowest BCUT2D eigenvalue weighted by atomic mass is 9.99. The molecule has 1 aromatic heterocycles. The molecule has 5 heteroatoms. The summed E-state index contributed by atoms with van der Waals surface area (Å²) in [6.07, 6.45) is 2.78. The average molecular weight is 314 g/mol. The SMILES string of the molecule is COC[C@H]1CCCN(C(=O)c2cc(Cc3ccccc3)no2)C1. The zero-order valence-corrected chi connectivity index (χ0v) is 13.4. The van der Waals surface area contributed by atoms with Crippen molar-refractivity contribution in [2.75, 3.05) is 26.8 Å². The molecule has 0 unspecified atom stereocenters. The first kappa shape index (κ1) is 15.7. The molecule has 2 heterocycles. The summed E-state index contributed by atoms with van der Waals surface area (Å²) in [4.78, 5) is 14.4. The van der Waals surface area contributed by atoms with E-state index in [2.05, 4.69) is 5.16 Å². The Morgan fingerprint density at radius 1 is 1.39 bits per heavy atom. The van der Waals surface area contributed by atoms with Crippen LogP contribution in [0.2, 0.25) is 0 Å². The number of amides is 1. The Kier molecular flexibility index (Phi) is 5.08. The third-order valence-corrected chi connectivity index (χ3v) is 4.21. The van der Waals surface area contributed by atoms with Crippen LogP contribution in [0.3, 0.4) is 0 Å². The van der Waals surface area contributed by atoms with Crippen LogP contribution in [-0.2, 0) is 11.2 Å². The maximum absolute atomic E-state index is 12.6. The predicted octanol–water partition coefficient (Wildman–Crippen LogP) is 2.76. The Morgan fingerprint density at radius 3 is 3.00 bits per heavy atom. The fraction of sp³-hybridized carbons (Fsp3) is 0.444. The van der Waals surface area contributed by atoms with Crippen LogP contribution in [0.5, 0.6) is 0 Å². The number of hydrogen-bond acceptors (Lipinski definition) is 4. The van der Waals surface area contributed by atoms with E-state index in [-0.39, 0.29) is 5.91 Å². The molecule has 1 aliphatic heterocycles. The molecule has 1 saturated heterocycles. The number of likely N-dealkylation sites (tertiary alicyclic amines) is 1. The molecule has 2 aromatic rings. The van der Waals surface area contributed by atoms with Crippen molar-refractivity contribution in [1.29, 1.82) is 0 Å². The van der Waals surface area contributed by atoms with Gasteiger partial charge in [-0.05, 0) is 24.3 Å². The summed E-state index contributed by atoms with van der Waals surface area (Å²) in [6.45, 7) is 2.19. The number of piperidine rings is 1. The van der Waals surface area contributed by atoms with E-state index in [0.717, 1.165) is 37.2 Å². The fourth-order valence-corrected chi connectivity index (χ4v) is 3.08. The number of nitrogens with zero attached hydrogens (tertiary/aromatic N) is 2. The molecule has 122 valence electrons. The Labute approximate surface area is 136 Å². The van der Waals surface area contributed by atoms with Gasteiger partial charge in [-0.2, -0.15) is 0 Å². The molecule has 5 nitrogen and oxygen atoms in total. The molecule has 0 N–H and O–H groups in total. The minimum absolute atomic E-state index is 0.0717. The molecule has 1 fully saturated rings. The van der Waals surface area contributed by atoms with Crippen LogP contribution in [0.15, 0.2) is 40.9 Å². The van der Waals surface area contributed by atoms with Crippen LogP contribution in [0, 0.1) is 5.92 Å². The molecule has 1 atom stereocenters. The van der Waals surface area contributed by atoms with Gasteiger partial charge in [-0.1, -0.05) is 35.5 Å². The van der Waals surface area contributed by atoms with Gasteiger partial charge >= 0.3 is 0 Å². The number of hydrogen-bond donors (Lipinski definition) is 0. The van der Waals surface area contributed by atoms with Crippen LogP contribution in [0.1, 0.15) is 34.7 Å². The third-order valence-electron chi connectivity index (χ3n) is 4.21. The summed E-state index contributed by atoms with van der Waals surface area (Å²) in [5, 5.41) is 4.04. The van der Waals surface area contributed by atoms with Crippen molar-refractivity contribution in [3.8, 4) is 0 Å². The maximum atomic E-state index is 12.6. The number of ether oxygens (including phenoxy) is 1. The van der Waals surface area contributed by atoms with Gasteiger partial charge in [-0.3, -0.25) is 4.79 Å². The average Bonchev–Trinajstić information content (AvgIpc) is 3.04. The second-order valence-electron chi connectivity index (χ2n) is 6.06. The summed E-state index contributed by atoms with van der Waals surface area (Å²) < 4.78 is 10.5. The number of rotatable bonds is 5. The Bertz CT molecular complexity index is 637. The van der Waals surface area contributed by atoms with Crippen LogP contribution < -0.4 is 0 Å². The van der Waals surface area contributed by atoms with E-state index in [1.165, 1.54) is 0 Å². The molecule has 0 aliphatic carbocycles. The highest BCUT2D eigenvalue weighted by Crippen LogP contribution is 2.19. The summed E-state index contributed by atoms with van der Waals surface area (Å²) in [6, 6.07) is 11.8. The predicted molar refractivity (Wildman–Crippen MR) is 86.3 cm³/mol. The van der Waals surface area contributed by atoms with E-state index >= 15 is 0 Å². The van der Waals surface area contributed by atoms with Crippen molar-refractivity contribution in [3.63, 3.8) is 0 Å². The highest BCUT2D eigenvalue weighted by atomic mass is 16.5. The molecule has 3 rings (SSSR count). The number of carbonyl (C=O) groups is 1. The number of aromatic nitrogens is 1. The highest BCUT2D eigenvalue weighted by molar-refractivity contribution is 5.91. The van der Waals surface area contributed by atoms with E-state index in [1.54, 1.807) is 13.2 Å². The molecular formula is C18H22N2O3. The summed E-state index contributed by atoms with van der Waals surface area (Å²) in [7, 11) is 1.70. The van der Waals surface area contributed by atoms with Crippen LogP contribution >= 0.6 is 0 Å². The summed E-state index contributed by atoms with van der Waals surface area (Å²) >= 11 is 0. The molecule has 1 aromatic carbocycles. The molecule has 0 spiro atoms. The normalized spacial score (nSPS) is 18.1. The van der Waals surface area contributed by atoms with Crippen molar-refractivity contribution in [3.05, 3.63) is 53.4 Å². The second-order valence-corrected chi connectivity index (χ2v) is 6.06. The van der Waals surface area contributed by atoms with E-state index in [0.29, 0.717) is 24.7 Å². The lowest BCUT2D eigenvalue weighted by Crippen LogP contribution is -2.41. The maximum Gasteiger partial charge on any atom is 0.292 e. The third kappa shape index (κ3) is 3.99. The van der Waals surface area contributed by atoms with Gasteiger partial charge in [0.25, 0.3) is 5.91 Å². The van der Waals surface area contributed by atoms with Gasteiger partial charge in [0.2, 0.25) is 5.76 Å². The second kappa shape index (κ2) is 7.42. The van der Waals surface area contributed by atoms with Crippen LogP contribution in [0.4, 0.5) is 0 Å². The van der Waals surface area contributed by atoms with E-state index < -0.39 is 0 Å². The molecule has 0 saturated carbocycles. The van der Waals surface area contributed by atoms with Crippen molar-refractivity contribution in [2.24, 2.45) is 5.92 Å². The monoisotopic (exact) mass is 314 g/mol. The fourth-order valence-electron chi connectivity index (χ4n) is 3.08. The van der Waals surface area contributed by atoms with Crippen molar-refractivity contribution < 1.29 is 14.1 Å². The molecular weight excluding hydrogens is 292 g/mol. The molecule has 0 bridgehead atoms. The number of benzene rings is 1. The van der Waals surface area contributed by atoms with Gasteiger partial charge in [0.15, 0.2) is 0 Å². The first-order valence-corrected chi connectivity index (χ1v) is 8.04. The van der Waals surface area contributed by atoms with Gasteiger partial charge in [0.1, 0.15) is 0 Å². The standard InChI is InChI=1S/C18H22N2O3/c1-22-13-15-8-5-9-20(12-15)18(21)17-11-16(19-23-17)10-14-6-3-2-4-7-14/h2-4,6-7,11,15H,5,8-10,12-13H2,1H3/t15-/m0/s1. The molecule has 0 radical (unpaired) electrons.